The third kappa shape index (κ3) is 4.34. The first kappa shape index (κ1) is 20.3. The van der Waals surface area contributed by atoms with Gasteiger partial charge in [-0.05, 0) is 50.2 Å². The Bertz CT molecular complexity index is 908. The van der Waals surface area contributed by atoms with Gasteiger partial charge in [-0.1, -0.05) is 18.2 Å². The lowest BCUT2D eigenvalue weighted by Gasteiger charge is -2.24. The van der Waals surface area contributed by atoms with E-state index in [0.717, 1.165) is 10.6 Å². The Labute approximate surface area is 168 Å². The van der Waals surface area contributed by atoms with Crippen LogP contribution < -0.4 is 9.80 Å². The quantitative estimate of drug-likeness (QED) is 0.556. The number of hydrogen-bond acceptors (Lipinski definition) is 5. The lowest BCUT2D eigenvalue weighted by molar-refractivity contribution is -0.126. The smallest absolute Gasteiger partial charge is 0.338 e. The van der Waals surface area contributed by atoms with E-state index in [1.165, 1.54) is 31.2 Å². The standard InChI is InChI=1S/C22H22N2O5/c1-3-23(17-7-5-4-6-8-17)21(27)15(2)29-22(28)16-9-11-18(12-10-16)24-19(25)13-14-20(24)26/h4-12,15H,3,13-14H2,1-2H3/t15-/m1/s1. The molecule has 150 valence electrons. The van der Waals surface area contributed by atoms with Crippen LogP contribution in [0, 0.1) is 0 Å². The molecule has 0 spiro atoms. The molecule has 7 heteroatoms. The number of ether oxygens (including phenoxy) is 1. The fourth-order valence-electron chi connectivity index (χ4n) is 3.18. The Balaban J connectivity index is 1.67. The van der Waals surface area contributed by atoms with Gasteiger partial charge in [-0.15, -0.1) is 0 Å². The molecule has 3 amide bonds. The molecule has 1 saturated heterocycles. The molecule has 0 unspecified atom stereocenters. The number of nitrogens with zero attached hydrogens (tertiary/aromatic N) is 2. The fraction of sp³-hybridized carbons (Fsp3) is 0.273. The topological polar surface area (TPSA) is 84.0 Å². The highest BCUT2D eigenvalue weighted by Gasteiger charge is 2.30. The van der Waals surface area contributed by atoms with Crippen molar-refractivity contribution < 1.29 is 23.9 Å². The molecule has 1 heterocycles. The highest BCUT2D eigenvalue weighted by Crippen LogP contribution is 2.23. The molecule has 2 aromatic carbocycles. The van der Waals surface area contributed by atoms with Gasteiger partial charge in [-0.2, -0.15) is 0 Å². The van der Waals surface area contributed by atoms with E-state index in [1.807, 2.05) is 37.3 Å². The van der Waals surface area contributed by atoms with Crippen LogP contribution in [0.1, 0.15) is 37.0 Å². The van der Waals surface area contributed by atoms with Crippen LogP contribution in [0.15, 0.2) is 54.6 Å². The zero-order chi connectivity index (χ0) is 21.0. The predicted octanol–water partition coefficient (Wildman–Crippen LogP) is 2.94. The minimum Gasteiger partial charge on any atom is -0.449 e. The first-order valence-corrected chi connectivity index (χ1v) is 9.45. The number of imide groups is 1. The molecule has 0 aliphatic carbocycles. The second-order valence-corrected chi connectivity index (χ2v) is 6.64. The maximum atomic E-state index is 12.7. The lowest BCUT2D eigenvalue weighted by atomic mass is 10.2. The number of hydrogen-bond donors (Lipinski definition) is 0. The van der Waals surface area contributed by atoms with Gasteiger partial charge in [0.1, 0.15) is 0 Å². The van der Waals surface area contributed by atoms with Gasteiger partial charge >= 0.3 is 5.97 Å². The number of carbonyl (C=O) groups excluding carboxylic acids is 4. The second kappa shape index (κ2) is 8.68. The van der Waals surface area contributed by atoms with E-state index >= 15 is 0 Å². The van der Waals surface area contributed by atoms with Gasteiger partial charge in [0.05, 0.1) is 11.3 Å². The summed E-state index contributed by atoms with van der Waals surface area (Å²) in [7, 11) is 0. The van der Waals surface area contributed by atoms with E-state index in [9.17, 15) is 19.2 Å². The third-order valence-electron chi connectivity index (χ3n) is 4.69. The van der Waals surface area contributed by atoms with E-state index in [-0.39, 0.29) is 36.1 Å². The maximum Gasteiger partial charge on any atom is 0.338 e. The van der Waals surface area contributed by atoms with E-state index in [0.29, 0.717) is 12.2 Å². The van der Waals surface area contributed by atoms with Crippen LogP contribution in [-0.4, -0.2) is 36.3 Å². The lowest BCUT2D eigenvalue weighted by Crippen LogP contribution is -2.40. The van der Waals surface area contributed by atoms with Crippen molar-refractivity contribution in [1.82, 2.24) is 0 Å². The van der Waals surface area contributed by atoms with Crippen LogP contribution in [0.3, 0.4) is 0 Å². The summed E-state index contributed by atoms with van der Waals surface area (Å²) in [5.74, 6) is -1.49. The summed E-state index contributed by atoms with van der Waals surface area (Å²) in [6, 6.07) is 15.1. The number of carbonyl (C=O) groups is 4. The molecule has 2 aromatic rings. The number of benzene rings is 2. The number of anilines is 2. The van der Waals surface area contributed by atoms with Crippen molar-refractivity contribution >= 4 is 35.1 Å². The van der Waals surface area contributed by atoms with Crippen molar-refractivity contribution in [2.75, 3.05) is 16.3 Å². The van der Waals surface area contributed by atoms with Gasteiger partial charge in [0.2, 0.25) is 11.8 Å². The van der Waals surface area contributed by atoms with Crippen molar-refractivity contribution in [2.45, 2.75) is 32.8 Å². The van der Waals surface area contributed by atoms with Crippen LogP contribution in [0.5, 0.6) is 0 Å². The molecule has 7 nitrogen and oxygen atoms in total. The molecular weight excluding hydrogens is 372 g/mol. The summed E-state index contributed by atoms with van der Waals surface area (Å²) in [6.07, 6.45) is -0.584. The number of likely N-dealkylation sites (N-methyl/N-ethyl adjacent to an activating group) is 1. The van der Waals surface area contributed by atoms with Crippen LogP contribution >= 0.6 is 0 Å². The second-order valence-electron chi connectivity index (χ2n) is 6.64. The molecule has 0 radical (unpaired) electrons. The maximum absolute atomic E-state index is 12.7. The average molecular weight is 394 g/mol. The van der Waals surface area contributed by atoms with E-state index in [1.54, 1.807) is 4.90 Å². The van der Waals surface area contributed by atoms with Crippen LogP contribution in [0.25, 0.3) is 0 Å². The number of rotatable bonds is 6. The van der Waals surface area contributed by atoms with Gasteiger partial charge in [-0.25, -0.2) is 4.79 Å². The molecule has 0 aromatic heterocycles. The van der Waals surface area contributed by atoms with Gasteiger partial charge in [-0.3, -0.25) is 19.3 Å². The van der Waals surface area contributed by atoms with Gasteiger partial charge in [0.15, 0.2) is 6.10 Å². The van der Waals surface area contributed by atoms with Crippen molar-refractivity contribution in [3.05, 3.63) is 60.2 Å². The summed E-state index contributed by atoms with van der Waals surface area (Å²) in [6.45, 7) is 3.82. The first-order valence-electron chi connectivity index (χ1n) is 9.45. The molecule has 0 N–H and O–H groups in total. The normalized spacial score (nSPS) is 14.6. The zero-order valence-corrected chi connectivity index (χ0v) is 16.3. The zero-order valence-electron chi connectivity index (χ0n) is 16.3. The largest absolute Gasteiger partial charge is 0.449 e. The SMILES string of the molecule is CCN(C(=O)[C@@H](C)OC(=O)c1ccc(N2C(=O)CCC2=O)cc1)c1ccccc1. The summed E-state index contributed by atoms with van der Waals surface area (Å²) in [4.78, 5) is 51.4. The van der Waals surface area contributed by atoms with Crippen LogP contribution in [-0.2, 0) is 19.1 Å². The van der Waals surface area contributed by atoms with Crippen LogP contribution in [0.4, 0.5) is 11.4 Å². The van der Waals surface area contributed by atoms with Crippen molar-refractivity contribution in [3.8, 4) is 0 Å². The fourth-order valence-corrected chi connectivity index (χ4v) is 3.18. The minimum atomic E-state index is -0.968. The van der Waals surface area contributed by atoms with E-state index < -0.39 is 12.1 Å². The molecule has 3 rings (SSSR count). The average Bonchev–Trinajstić information content (AvgIpc) is 3.07. The molecule has 29 heavy (non-hydrogen) atoms. The summed E-state index contributed by atoms with van der Waals surface area (Å²) < 4.78 is 5.33. The molecule has 0 saturated carbocycles. The highest BCUT2D eigenvalue weighted by atomic mass is 16.5. The predicted molar refractivity (Wildman–Crippen MR) is 108 cm³/mol. The van der Waals surface area contributed by atoms with Gasteiger partial charge < -0.3 is 9.64 Å². The van der Waals surface area contributed by atoms with Crippen molar-refractivity contribution in [3.63, 3.8) is 0 Å². The summed E-state index contributed by atoms with van der Waals surface area (Å²) in [5, 5.41) is 0. The highest BCUT2D eigenvalue weighted by molar-refractivity contribution is 6.19. The molecule has 1 fully saturated rings. The van der Waals surface area contributed by atoms with Crippen molar-refractivity contribution in [2.24, 2.45) is 0 Å². The summed E-state index contributed by atoms with van der Waals surface area (Å²) >= 11 is 0. The molecule has 0 bridgehead atoms. The Morgan fingerprint density at radius 2 is 1.59 bits per heavy atom. The Kier molecular flexibility index (Phi) is 6.07. The third-order valence-corrected chi connectivity index (χ3v) is 4.69. The molecule has 1 atom stereocenters. The Morgan fingerprint density at radius 3 is 2.14 bits per heavy atom. The van der Waals surface area contributed by atoms with Crippen molar-refractivity contribution in [1.29, 1.82) is 0 Å². The minimum absolute atomic E-state index is 0.192. The van der Waals surface area contributed by atoms with Gasteiger partial charge in [0, 0.05) is 25.1 Å². The number of para-hydroxylation sites is 1. The molecular formula is C22H22N2O5. The van der Waals surface area contributed by atoms with Gasteiger partial charge in [0.25, 0.3) is 5.91 Å². The Hall–Kier alpha value is -3.48. The monoisotopic (exact) mass is 394 g/mol. The Morgan fingerprint density at radius 1 is 1.00 bits per heavy atom. The summed E-state index contributed by atoms with van der Waals surface area (Å²) in [5.41, 5.74) is 1.38. The number of esters is 1. The number of amides is 3. The first-order chi connectivity index (χ1) is 13.9. The van der Waals surface area contributed by atoms with E-state index in [2.05, 4.69) is 0 Å². The molecule has 1 aliphatic rings. The molecule has 1 aliphatic heterocycles. The van der Waals surface area contributed by atoms with E-state index in [4.69, 9.17) is 4.74 Å². The van der Waals surface area contributed by atoms with Crippen LogP contribution in [0.2, 0.25) is 0 Å².